The molecule has 1 aliphatic heterocycles. The summed E-state index contributed by atoms with van der Waals surface area (Å²) in [5, 5.41) is 8.92. The molecule has 2 rings (SSSR count). The van der Waals surface area contributed by atoms with Crippen LogP contribution in [0.5, 0.6) is 0 Å². The normalized spacial score (nSPS) is 24.3. The molecule has 1 heterocycles. The largest absolute Gasteiger partial charge is 0.392 e. The number of benzene rings is 1. The first-order valence-corrected chi connectivity index (χ1v) is 5.12. The third kappa shape index (κ3) is 2.37. The van der Waals surface area contributed by atoms with E-state index < -0.39 is 5.79 Å². The Morgan fingerprint density at radius 3 is 2.47 bits per heavy atom. The van der Waals surface area contributed by atoms with Gasteiger partial charge in [0.25, 0.3) is 0 Å². The third-order valence-corrected chi connectivity index (χ3v) is 2.54. The van der Waals surface area contributed by atoms with Crippen molar-refractivity contribution in [2.75, 3.05) is 6.61 Å². The summed E-state index contributed by atoms with van der Waals surface area (Å²) in [6.45, 7) is 4.49. The standard InChI is InChI=1S/C12H16O3/c1-12(2)14-8-11(15-12)10-5-3-9(7-13)4-6-10/h3-6,11,13H,7-8H2,1-2H3. The second kappa shape index (κ2) is 3.93. The molecular formula is C12H16O3. The average Bonchev–Trinajstić information content (AvgIpc) is 2.59. The smallest absolute Gasteiger partial charge is 0.163 e. The zero-order valence-electron chi connectivity index (χ0n) is 9.06. The monoisotopic (exact) mass is 208 g/mol. The van der Waals surface area contributed by atoms with Crippen LogP contribution in [0.1, 0.15) is 31.1 Å². The van der Waals surface area contributed by atoms with Gasteiger partial charge in [0, 0.05) is 0 Å². The van der Waals surface area contributed by atoms with Crippen LogP contribution in [0.2, 0.25) is 0 Å². The molecule has 0 saturated carbocycles. The van der Waals surface area contributed by atoms with Crippen LogP contribution in [0.3, 0.4) is 0 Å². The van der Waals surface area contributed by atoms with Crippen molar-refractivity contribution in [2.45, 2.75) is 32.3 Å². The summed E-state index contributed by atoms with van der Waals surface area (Å²) < 4.78 is 11.2. The number of aliphatic hydroxyl groups excluding tert-OH is 1. The van der Waals surface area contributed by atoms with Crippen molar-refractivity contribution in [3.05, 3.63) is 35.4 Å². The second-order valence-electron chi connectivity index (χ2n) is 4.22. The molecule has 1 N–H and O–H groups in total. The summed E-state index contributed by atoms with van der Waals surface area (Å²) in [5.74, 6) is -0.486. The summed E-state index contributed by atoms with van der Waals surface area (Å²) in [6, 6.07) is 7.76. The molecule has 1 aliphatic rings. The predicted octanol–water partition coefficient (Wildman–Crippen LogP) is 2.00. The summed E-state index contributed by atoms with van der Waals surface area (Å²) >= 11 is 0. The lowest BCUT2D eigenvalue weighted by Crippen LogP contribution is -2.19. The van der Waals surface area contributed by atoms with Gasteiger partial charge in [-0.25, -0.2) is 0 Å². The van der Waals surface area contributed by atoms with Gasteiger partial charge in [-0.05, 0) is 25.0 Å². The zero-order chi connectivity index (χ0) is 10.9. The maximum absolute atomic E-state index is 8.92. The van der Waals surface area contributed by atoms with Crippen LogP contribution >= 0.6 is 0 Å². The Balaban J connectivity index is 2.11. The lowest BCUT2D eigenvalue weighted by Gasteiger charge is -2.17. The lowest BCUT2D eigenvalue weighted by atomic mass is 10.1. The van der Waals surface area contributed by atoms with E-state index >= 15 is 0 Å². The van der Waals surface area contributed by atoms with Gasteiger partial charge in [0.2, 0.25) is 0 Å². The van der Waals surface area contributed by atoms with E-state index in [1.165, 1.54) is 0 Å². The minimum atomic E-state index is -0.486. The highest BCUT2D eigenvalue weighted by molar-refractivity contribution is 5.24. The zero-order valence-corrected chi connectivity index (χ0v) is 9.06. The Kier molecular flexibility index (Phi) is 2.78. The van der Waals surface area contributed by atoms with Crippen molar-refractivity contribution < 1.29 is 14.6 Å². The summed E-state index contributed by atoms with van der Waals surface area (Å²) in [7, 11) is 0. The van der Waals surface area contributed by atoms with Gasteiger partial charge in [-0.1, -0.05) is 24.3 Å². The molecule has 0 amide bonds. The fraction of sp³-hybridized carbons (Fsp3) is 0.500. The maximum Gasteiger partial charge on any atom is 0.163 e. The average molecular weight is 208 g/mol. The van der Waals surface area contributed by atoms with Crippen molar-refractivity contribution in [2.24, 2.45) is 0 Å². The Bertz CT molecular complexity index is 329. The van der Waals surface area contributed by atoms with Crippen LogP contribution < -0.4 is 0 Å². The van der Waals surface area contributed by atoms with Gasteiger partial charge in [0.15, 0.2) is 5.79 Å². The molecule has 1 aromatic carbocycles. The number of rotatable bonds is 2. The molecule has 0 bridgehead atoms. The molecule has 3 heteroatoms. The van der Waals surface area contributed by atoms with Gasteiger partial charge in [-0.15, -0.1) is 0 Å². The molecule has 1 aromatic rings. The Morgan fingerprint density at radius 2 is 2.00 bits per heavy atom. The van der Waals surface area contributed by atoms with Crippen LogP contribution in [0.15, 0.2) is 24.3 Å². The molecule has 15 heavy (non-hydrogen) atoms. The summed E-state index contributed by atoms with van der Waals surface area (Å²) in [6.07, 6.45) is 0.00717. The first-order valence-electron chi connectivity index (χ1n) is 5.12. The van der Waals surface area contributed by atoms with Crippen molar-refractivity contribution in [3.63, 3.8) is 0 Å². The topological polar surface area (TPSA) is 38.7 Å². The fourth-order valence-electron chi connectivity index (χ4n) is 1.69. The van der Waals surface area contributed by atoms with Crippen molar-refractivity contribution in [1.82, 2.24) is 0 Å². The number of ether oxygens (including phenoxy) is 2. The molecule has 3 nitrogen and oxygen atoms in total. The molecule has 1 unspecified atom stereocenters. The highest BCUT2D eigenvalue weighted by atomic mass is 16.7. The van der Waals surface area contributed by atoms with Crippen LogP contribution in [-0.2, 0) is 16.1 Å². The van der Waals surface area contributed by atoms with Gasteiger partial charge in [-0.3, -0.25) is 0 Å². The molecule has 1 atom stereocenters. The van der Waals surface area contributed by atoms with Crippen LogP contribution in [-0.4, -0.2) is 17.5 Å². The summed E-state index contributed by atoms with van der Waals surface area (Å²) in [4.78, 5) is 0. The number of hydrogen-bond acceptors (Lipinski definition) is 3. The van der Waals surface area contributed by atoms with E-state index in [1.807, 2.05) is 38.1 Å². The summed E-state index contributed by atoms with van der Waals surface area (Å²) in [5.41, 5.74) is 2.01. The minimum absolute atomic E-state index is 0.00717. The van der Waals surface area contributed by atoms with Crippen molar-refractivity contribution >= 4 is 0 Å². The molecule has 0 aliphatic carbocycles. The van der Waals surface area contributed by atoms with Crippen molar-refractivity contribution in [1.29, 1.82) is 0 Å². The van der Waals surface area contributed by atoms with Gasteiger partial charge < -0.3 is 14.6 Å². The highest BCUT2D eigenvalue weighted by Gasteiger charge is 2.33. The fourth-order valence-corrected chi connectivity index (χ4v) is 1.69. The number of aliphatic hydroxyl groups is 1. The van der Waals surface area contributed by atoms with E-state index in [1.54, 1.807) is 0 Å². The Morgan fingerprint density at radius 1 is 1.33 bits per heavy atom. The van der Waals surface area contributed by atoms with E-state index in [0.29, 0.717) is 6.61 Å². The minimum Gasteiger partial charge on any atom is -0.392 e. The molecule has 0 aromatic heterocycles. The van der Waals surface area contributed by atoms with Gasteiger partial charge in [0.05, 0.1) is 13.2 Å². The van der Waals surface area contributed by atoms with Gasteiger partial charge in [0.1, 0.15) is 6.10 Å². The Labute approximate surface area is 89.6 Å². The third-order valence-electron chi connectivity index (χ3n) is 2.54. The van der Waals surface area contributed by atoms with Crippen LogP contribution in [0, 0.1) is 0 Å². The molecule has 1 fully saturated rings. The molecule has 0 spiro atoms. The van der Waals surface area contributed by atoms with E-state index in [-0.39, 0.29) is 12.7 Å². The molecular weight excluding hydrogens is 192 g/mol. The van der Waals surface area contributed by atoms with E-state index in [9.17, 15) is 0 Å². The van der Waals surface area contributed by atoms with Gasteiger partial charge in [-0.2, -0.15) is 0 Å². The van der Waals surface area contributed by atoms with Crippen LogP contribution in [0.25, 0.3) is 0 Å². The Hall–Kier alpha value is -0.900. The molecule has 0 radical (unpaired) electrons. The first-order chi connectivity index (χ1) is 7.11. The van der Waals surface area contributed by atoms with Gasteiger partial charge >= 0.3 is 0 Å². The SMILES string of the molecule is CC1(C)OCC(c2ccc(CO)cc2)O1. The van der Waals surface area contributed by atoms with E-state index in [4.69, 9.17) is 14.6 Å². The van der Waals surface area contributed by atoms with E-state index in [2.05, 4.69) is 0 Å². The first kappa shape index (κ1) is 10.6. The van der Waals surface area contributed by atoms with Crippen molar-refractivity contribution in [3.8, 4) is 0 Å². The lowest BCUT2D eigenvalue weighted by molar-refractivity contribution is -0.139. The van der Waals surface area contributed by atoms with Crippen LogP contribution in [0.4, 0.5) is 0 Å². The number of hydrogen-bond donors (Lipinski definition) is 1. The molecule has 82 valence electrons. The predicted molar refractivity (Wildman–Crippen MR) is 56.2 cm³/mol. The van der Waals surface area contributed by atoms with E-state index in [0.717, 1.165) is 11.1 Å². The second-order valence-corrected chi connectivity index (χ2v) is 4.22. The highest BCUT2D eigenvalue weighted by Crippen LogP contribution is 2.32. The molecule has 1 saturated heterocycles. The quantitative estimate of drug-likeness (QED) is 0.808. The maximum atomic E-state index is 8.92.